The van der Waals surface area contributed by atoms with Gasteiger partial charge in [-0.2, -0.15) is 0 Å². The van der Waals surface area contributed by atoms with E-state index in [9.17, 15) is 9.90 Å². The van der Waals surface area contributed by atoms with Crippen LogP contribution >= 0.6 is 11.6 Å². The number of benzene rings is 1. The second-order valence-corrected chi connectivity index (χ2v) is 4.55. The first kappa shape index (κ1) is 16.8. The lowest BCUT2D eigenvalue weighted by atomic mass is 10.2. The molecular formula is C14H20ClNO4. The molecule has 0 aliphatic heterocycles. The summed E-state index contributed by atoms with van der Waals surface area (Å²) in [6, 6.07) is 6.82. The number of aliphatic hydroxyl groups is 2. The maximum absolute atomic E-state index is 11.5. The van der Waals surface area contributed by atoms with E-state index < -0.39 is 6.10 Å². The van der Waals surface area contributed by atoms with Gasteiger partial charge >= 0.3 is 5.97 Å². The third-order valence-corrected chi connectivity index (χ3v) is 3.08. The quantitative estimate of drug-likeness (QED) is 0.559. The van der Waals surface area contributed by atoms with Gasteiger partial charge in [-0.15, -0.1) is 11.6 Å². The van der Waals surface area contributed by atoms with Crippen molar-refractivity contribution in [3.63, 3.8) is 0 Å². The fourth-order valence-corrected chi connectivity index (χ4v) is 1.87. The number of carbonyl (C=O) groups is 1. The average molecular weight is 302 g/mol. The van der Waals surface area contributed by atoms with Crippen LogP contribution in [0.5, 0.6) is 0 Å². The number of hydrogen-bond donors (Lipinski definition) is 2. The summed E-state index contributed by atoms with van der Waals surface area (Å²) in [5.74, 6) is -0.239. The van der Waals surface area contributed by atoms with Crippen LogP contribution in [-0.4, -0.2) is 54.5 Å². The lowest BCUT2D eigenvalue weighted by Gasteiger charge is -2.26. The molecule has 0 bridgehead atoms. The Balaban J connectivity index is 2.79. The summed E-state index contributed by atoms with van der Waals surface area (Å²) in [4.78, 5) is 13.3. The zero-order valence-corrected chi connectivity index (χ0v) is 12.2. The molecule has 6 heteroatoms. The zero-order valence-electron chi connectivity index (χ0n) is 11.5. The first-order valence-electron chi connectivity index (χ1n) is 6.49. The molecule has 0 amide bonds. The number of hydrogen-bond acceptors (Lipinski definition) is 5. The van der Waals surface area contributed by atoms with Gasteiger partial charge in [0.15, 0.2) is 0 Å². The van der Waals surface area contributed by atoms with Crippen molar-refractivity contribution < 1.29 is 19.7 Å². The molecule has 0 fully saturated rings. The molecule has 0 heterocycles. The van der Waals surface area contributed by atoms with Crippen molar-refractivity contribution >= 4 is 23.3 Å². The second kappa shape index (κ2) is 8.79. The first-order chi connectivity index (χ1) is 9.62. The van der Waals surface area contributed by atoms with Crippen LogP contribution in [0.15, 0.2) is 24.3 Å². The van der Waals surface area contributed by atoms with Gasteiger partial charge in [0.2, 0.25) is 0 Å². The highest BCUT2D eigenvalue weighted by molar-refractivity contribution is 6.18. The van der Waals surface area contributed by atoms with Crippen LogP contribution in [0.25, 0.3) is 0 Å². The number of aliphatic hydroxyl groups excluding tert-OH is 2. The Morgan fingerprint density at radius 2 is 2.05 bits per heavy atom. The van der Waals surface area contributed by atoms with Crippen LogP contribution in [0.2, 0.25) is 0 Å². The van der Waals surface area contributed by atoms with Crippen molar-refractivity contribution in [2.24, 2.45) is 0 Å². The Bertz CT molecular complexity index is 410. The molecular weight excluding hydrogens is 282 g/mol. The number of esters is 1. The molecule has 5 nitrogen and oxygen atoms in total. The van der Waals surface area contributed by atoms with E-state index in [4.69, 9.17) is 21.4 Å². The summed E-state index contributed by atoms with van der Waals surface area (Å²) in [6.45, 7) is 2.76. The van der Waals surface area contributed by atoms with Crippen LogP contribution < -0.4 is 4.90 Å². The lowest BCUT2D eigenvalue weighted by molar-refractivity contribution is 0.0526. The number of rotatable bonds is 8. The number of ether oxygens (including phenoxy) is 1. The van der Waals surface area contributed by atoms with Gasteiger partial charge in [-0.1, -0.05) is 0 Å². The van der Waals surface area contributed by atoms with Gasteiger partial charge in [0.25, 0.3) is 0 Å². The average Bonchev–Trinajstić information content (AvgIpc) is 2.47. The summed E-state index contributed by atoms with van der Waals surface area (Å²) in [5.41, 5.74) is 1.27. The van der Waals surface area contributed by atoms with Crippen molar-refractivity contribution in [2.75, 3.05) is 37.1 Å². The lowest BCUT2D eigenvalue weighted by Crippen LogP contribution is -2.35. The third kappa shape index (κ3) is 5.00. The largest absolute Gasteiger partial charge is 0.462 e. The Hall–Kier alpha value is -1.30. The summed E-state index contributed by atoms with van der Waals surface area (Å²) < 4.78 is 4.91. The maximum atomic E-state index is 11.5. The predicted octanol–water partition coefficient (Wildman–Crippen LogP) is 1.26. The number of anilines is 1. The van der Waals surface area contributed by atoms with E-state index in [1.165, 1.54) is 0 Å². The SMILES string of the molecule is CCOC(=O)c1ccc(N(CCO)C[C@@H](O)CCl)cc1. The minimum atomic E-state index is -0.673. The van der Waals surface area contributed by atoms with Crippen molar-refractivity contribution in [3.8, 4) is 0 Å². The van der Waals surface area contributed by atoms with E-state index >= 15 is 0 Å². The Morgan fingerprint density at radius 3 is 2.55 bits per heavy atom. The zero-order chi connectivity index (χ0) is 15.0. The molecule has 1 rings (SSSR count). The van der Waals surface area contributed by atoms with Crippen molar-refractivity contribution in [1.82, 2.24) is 0 Å². The van der Waals surface area contributed by atoms with Crippen LogP contribution in [0, 0.1) is 0 Å². The number of nitrogens with zero attached hydrogens (tertiary/aromatic N) is 1. The number of halogens is 1. The molecule has 0 aliphatic carbocycles. The molecule has 2 N–H and O–H groups in total. The molecule has 112 valence electrons. The van der Waals surface area contributed by atoms with E-state index in [0.717, 1.165) is 5.69 Å². The van der Waals surface area contributed by atoms with E-state index in [1.807, 2.05) is 4.90 Å². The highest BCUT2D eigenvalue weighted by Crippen LogP contribution is 2.16. The number of carbonyl (C=O) groups excluding carboxylic acids is 1. The van der Waals surface area contributed by atoms with Gasteiger partial charge < -0.3 is 19.8 Å². The minimum Gasteiger partial charge on any atom is -0.462 e. The van der Waals surface area contributed by atoms with E-state index in [0.29, 0.717) is 25.3 Å². The molecule has 0 saturated heterocycles. The normalized spacial score (nSPS) is 12.0. The molecule has 0 radical (unpaired) electrons. The summed E-state index contributed by atoms with van der Waals surface area (Å²) in [7, 11) is 0. The minimum absolute atomic E-state index is 0.0331. The Morgan fingerprint density at radius 1 is 1.40 bits per heavy atom. The van der Waals surface area contributed by atoms with Gasteiger partial charge in [-0.25, -0.2) is 4.79 Å². The first-order valence-corrected chi connectivity index (χ1v) is 7.02. The standard InChI is InChI=1S/C14H20ClNO4/c1-2-20-14(19)11-3-5-12(6-4-11)16(7-8-17)10-13(18)9-15/h3-6,13,17-18H,2,7-10H2,1H3/t13-/m0/s1. The Kier molecular flexibility index (Phi) is 7.36. The topological polar surface area (TPSA) is 70.0 Å². The van der Waals surface area contributed by atoms with Crippen LogP contribution in [0.4, 0.5) is 5.69 Å². The summed E-state index contributed by atoms with van der Waals surface area (Å²) >= 11 is 5.58. The third-order valence-electron chi connectivity index (χ3n) is 2.72. The van der Waals surface area contributed by atoms with E-state index in [-0.39, 0.29) is 18.5 Å². The highest BCUT2D eigenvalue weighted by Gasteiger charge is 2.13. The maximum Gasteiger partial charge on any atom is 0.338 e. The van der Waals surface area contributed by atoms with Gasteiger partial charge in [-0.3, -0.25) is 0 Å². The van der Waals surface area contributed by atoms with Crippen LogP contribution in [0.3, 0.4) is 0 Å². The van der Waals surface area contributed by atoms with Crippen molar-refractivity contribution in [1.29, 1.82) is 0 Å². The van der Waals surface area contributed by atoms with Crippen molar-refractivity contribution in [2.45, 2.75) is 13.0 Å². The number of alkyl halides is 1. The Labute approximate surface area is 123 Å². The molecule has 20 heavy (non-hydrogen) atoms. The van der Waals surface area contributed by atoms with Gasteiger partial charge in [0.1, 0.15) is 0 Å². The fraction of sp³-hybridized carbons (Fsp3) is 0.500. The van der Waals surface area contributed by atoms with Gasteiger partial charge in [0.05, 0.1) is 30.8 Å². The predicted molar refractivity (Wildman–Crippen MR) is 78.4 cm³/mol. The molecule has 1 aromatic rings. The molecule has 0 aromatic heterocycles. The van der Waals surface area contributed by atoms with E-state index in [1.54, 1.807) is 31.2 Å². The van der Waals surface area contributed by atoms with Gasteiger partial charge in [-0.05, 0) is 31.2 Å². The van der Waals surface area contributed by atoms with Crippen molar-refractivity contribution in [3.05, 3.63) is 29.8 Å². The molecule has 1 atom stereocenters. The van der Waals surface area contributed by atoms with E-state index in [2.05, 4.69) is 0 Å². The molecule has 0 aliphatic rings. The summed E-state index contributed by atoms with van der Waals surface area (Å²) in [5, 5.41) is 18.7. The fourth-order valence-electron chi connectivity index (χ4n) is 1.77. The van der Waals surface area contributed by atoms with Crippen LogP contribution in [0.1, 0.15) is 17.3 Å². The summed E-state index contributed by atoms with van der Waals surface area (Å²) in [6.07, 6.45) is -0.673. The monoisotopic (exact) mass is 301 g/mol. The molecule has 0 unspecified atom stereocenters. The van der Waals surface area contributed by atoms with Gasteiger partial charge in [0, 0.05) is 18.8 Å². The molecule has 0 saturated carbocycles. The highest BCUT2D eigenvalue weighted by atomic mass is 35.5. The second-order valence-electron chi connectivity index (χ2n) is 4.25. The smallest absolute Gasteiger partial charge is 0.338 e. The van der Waals surface area contributed by atoms with Crippen LogP contribution in [-0.2, 0) is 4.74 Å². The molecule has 1 aromatic carbocycles. The molecule has 0 spiro atoms.